The number of amides is 1. The van der Waals surface area contributed by atoms with Gasteiger partial charge in [0.05, 0.1) is 10.2 Å². The van der Waals surface area contributed by atoms with E-state index in [-0.39, 0.29) is 12.3 Å². The molecule has 0 radical (unpaired) electrons. The number of para-hydroxylation sites is 1. The standard InChI is InChI=1S/C18H15N5O2S/c1-23(18-20-12-6-2-3-8-14(12)26-18)16(24)10-9-15-21-17(22-25-15)13-7-4-5-11-19-13/h2-8,11H,9-10H2,1H3. The predicted molar refractivity (Wildman–Crippen MR) is 98.9 cm³/mol. The van der Waals surface area contributed by atoms with Gasteiger partial charge in [-0.2, -0.15) is 4.98 Å². The second-order valence-corrected chi connectivity index (χ2v) is 6.65. The number of hydrogen-bond donors (Lipinski definition) is 0. The van der Waals surface area contributed by atoms with E-state index in [1.54, 1.807) is 24.2 Å². The van der Waals surface area contributed by atoms with Gasteiger partial charge < -0.3 is 4.52 Å². The molecule has 3 heterocycles. The van der Waals surface area contributed by atoms with Crippen LogP contribution in [-0.4, -0.2) is 33.1 Å². The zero-order chi connectivity index (χ0) is 17.9. The molecule has 4 aromatic rings. The summed E-state index contributed by atoms with van der Waals surface area (Å²) in [6.07, 6.45) is 2.30. The second kappa shape index (κ2) is 7.01. The first-order valence-corrected chi connectivity index (χ1v) is 8.88. The van der Waals surface area contributed by atoms with Crippen molar-refractivity contribution in [2.75, 3.05) is 11.9 Å². The fraction of sp³-hybridized carbons (Fsp3) is 0.167. The van der Waals surface area contributed by atoms with E-state index >= 15 is 0 Å². The molecule has 0 fully saturated rings. The van der Waals surface area contributed by atoms with Crippen molar-refractivity contribution >= 4 is 32.6 Å². The maximum absolute atomic E-state index is 12.5. The summed E-state index contributed by atoms with van der Waals surface area (Å²) in [7, 11) is 1.73. The molecule has 3 aromatic heterocycles. The number of fused-ring (bicyclic) bond motifs is 1. The molecule has 130 valence electrons. The number of carbonyl (C=O) groups excluding carboxylic acids is 1. The van der Waals surface area contributed by atoms with Crippen LogP contribution in [0.4, 0.5) is 5.13 Å². The number of hydrogen-bond acceptors (Lipinski definition) is 7. The third-order valence-electron chi connectivity index (χ3n) is 3.86. The molecule has 0 spiro atoms. The average molecular weight is 365 g/mol. The van der Waals surface area contributed by atoms with E-state index < -0.39 is 0 Å². The molecule has 1 aromatic carbocycles. The normalized spacial score (nSPS) is 11.0. The Kier molecular flexibility index (Phi) is 4.40. The van der Waals surface area contributed by atoms with Crippen LogP contribution in [-0.2, 0) is 11.2 Å². The van der Waals surface area contributed by atoms with Crippen molar-refractivity contribution in [2.24, 2.45) is 0 Å². The van der Waals surface area contributed by atoms with Crippen LogP contribution in [0.3, 0.4) is 0 Å². The van der Waals surface area contributed by atoms with Crippen molar-refractivity contribution in [1.29, 1.82) is 0 Å². The van der Waals surface area contributed by atoms with E-state index in [0.717, 1.165) is 10.2 Å². The molecule has 0 aliphatic carbocycles. The van der Waals surface area contributed by atoms with Gasteiger partial charge in [0, 0.05) is 26.1 Å². The Morgan fingerprint density at radius 2 is 2.00 bits per heavy atom. The monoisotopic (exact) mass is 365 g/mol. The minimum Gasteiger partial charge on any atom is -0.339 e. The third-order valence-corrected chi connectivity index (χ3v) is 4.97. The number of aryl methyl sites for hydroxylation is 1. The number of rotatable bonds is 5. The van der Waals surface area contributed by atoms with Crippen LogP contribution in [0, 0.1) is 0 Å². The van der Waals surface area contributed by atoms with E-state index in [0.29, 0.717) is 29.0 Å². The van der Waals surface area contributed by atoms with Gasteiger partial charge in [-0.05, 0) is 24.3 Å². The Labute approximate surface area is 153 Å². The van der Waals surface area contributed by atoms with Crippen LogP contribution in [0.15, 0.2) is 53.2 Å². The van der Waals surface area contributed by atoms with Crippen molar-refractivity contribution in [2.45, 2.75) is 12.8 Å². The Hall–Kier alpha value is -3.13. The summed E-state index contributed by atoms with van der Waals surface area (Å²) >= 11 is 1.49. The highest BCUT2D eigenvalue weighted by molar-refractivity contribution is 7.22. The van der Waals surface area contributed by atoms with Gasteiger partial charge in [0.15, 0.2) is 5.13 Å². The molecule has 0 aliphatic heterocycles. The summed E-state index contributed by atoms with van der Waals surface area (Å²) in [5, 5.41) is 4.59. The van der Waals surface area contributed by atoms with Gasteiger partial charge in [-0.25, -0.2) is 4.98 Å². The lowest BCUT2D eigenvalue weighted by atomic mass is 10.3. The molecular formula is C18H15N5O2S. The van der Waals surface area contributed by atoms with Gasteiger partial charge in [0.1, 0.15) is 5.69 Å². The molecule has 26 heavy (non-hydrogen) atoms. The molecule has 0 saturated carbocycles. The highest BCUT2D eigenvalue weighted by Crippen LogP contribution is 2.28. The number of aromatic nitrogens is 4. The summed E-state index contributed by atoms with van der Waals surface area (Å²) in [4.78, 5) is 27.0. The van der Waals surface area contributed by atoms with Crippen molar-refractivity contribution in [1.82, 2.24) is 20.1 Å². The quantitative estimate of drug-likeness (QED) is 0.539. The van der Waals surface area contributed by atoms with Gasteiger partial charge in [0.25, 0.3) is 0 Å². The summed E-state index contributed by atoms with van der Waals surface area (Å²) in [6.45, 7) is 0. The number of carbonyl (C=O) groups is 1. The minimum atomic E-state index is -0.0540. The van der Waals surface area contributed by atoms with Crippen LogP contribution in [0.25, 0.3) is 21.7 Å². The Balaban J connectivity index is 1.41. The molecule has 8 heteroatoms. The lowest BCUT2D eigenvalue weighted by Crippen LogP contribution is -2.26. The molecule has 7 nitrogen and oxygen atoms in total. The smallest absolute Gasteiger partial charge is 0.229 e. The maximum atomic E-state index is 12.5. The maximum Gasteiger partial charge on any atom is 0.229 e. The molecule has 0 aliphatic rings. The van der Waals surface area contributed by atoms with Gasteiger partial charge >= 0.3 is 0 Å². The number of anilines is 1. The van der Waals surface area contributed by atoms with Crippen molar-refractivity contribution in [3.05, 3.63) is 54.6 Å². The van der Waals surface area contributed by atoms with Gasteiger partial charge in [0.2, 0.25) is 17.6 Å². The Bertz CT molecular complexity index is 1010. The molecular weight excluding hydrogens is 350 g/mol. The topological polar surface area (TPSA) is 85.0 Å². The van der Waals surface area contributed by atoms with Crippen LogP contribution in [0.5, 0.6) is 0 Å². The van der Waals surface area contributed by atoms with E-state index in [4.69, 9.17) is 4.52 Å². The molecule has 0 bridgehead atoms. The fourth-order valence-electron chi connectivity index (χ4n) is 2.45. The zero-order valence-electron chi connectivity index (χ0n) is 14.0. The highest BCUT2D eigenvalue weighted by atomic mass is 32.1. The summed E-state index contributed by atoms with van der Waals surface area (Å²) in [5.74, 6) is 0.783. The van der Waals surface area contributed by atoms with Crippen molar-refractivity contribution < 1.29 is 9.32 Å². The number of pyridine rings is 1. The number of benzene rings is 1. The molecule has 0 atom stereocenters. The molecule has 0 N–H and O–H groups in total. The van der Waals surface area contributed by atoms with E-state index in [1.807, 2.05) is 36.4 Å². The largest absolute Gasteiger partial charge is 0.339 e. The van der Waals surface area contributed by atoms with Crippen LogP contribution in [0.1, 0.15) is 12.3 Å². The van der Waals surface area contributed by atoms with Crippen LogP contribution < -0.4 is 4.90 Å². The molecule has 0 unspecified atom stereocenters. The third kappa shape index (κ3) is 3.31. The SMILES string of the molecule is CN(C(=O)CCc1nc(-c2ccccn2)no1)c1nc2ccccc2s1. The second-order valence-electron chi connectivity index (χ2n) is 5.64. The molecule has 4 rings (SSSR count). The predicted octanol–water partition coefficient (Wildman–Crippen LogP) is 3.34. The lowest BCUT2D eigenvalue weighted by molar-refractivity contribution is -0.118. The number of nitrogens with zero attached hydrogens (tertiary/aromatic N) is 5. The van der Waals surface area contributed by atoms with Crippen molar-refractivity contribution in [3.63, 3.8) is 0 Å². The first kappa shape index (κ1) is 16.3. The van der Waals surface area contributed by atoms with Gasteiger partial charge in [-0.3, -0.25) is 14.7 Å². The van der Waals surface area contributed by atoms with Crippen LogP contribution >= 0.6 is 11.3 Å². The average Bonchev–Trinajstić information content (AvgIpc) is 3.33. The molecule has 1 amide bonds. The summed E-state index contributed by atoms with van der Waals surface area (Å²) < 4.78 is 6.27. The Morgan fingerprint density at radius 1 is 1.15 bits per heavy atom. The van der Waals surface area contributed by atoms with E-state index in [2.05, 4.69) is 20.1 Å². The first-order chi connectivity index (χ1) is 12.7. The first-order valence-electron chi connectivity index (χ1n) is 8.07. The summed E-state index contributed by atoms with van der Waals surface area (Å²) in [5.41, 5.74) is 1.53. The lowest BCUT2D eigenvalue weighted by Gasteiger charge is -2.12. The fourth-order valence-corrected chi connectivity index (χ4v) is 3.39. The highest BCUT2D eigenvalue weighted by Gasteiger charge is 2.17. The summed E-state index contributed by atoms with van der Waals surface area (Å²) in [6, 6.07) is 13.3. The molecule has 0 saturated heterocycles. The van der Waals surface area contributed by atoms with E-state index in [9.17, 15) is 4.79 Å². The van der Waals surface area contributed by atoms with Gasteiger partial charge in [-0.1, -0.05) is 34.7 Å². The van der Waals surface area contributed by atoms with Crippen LogP contribution in [0.2, 0.25) is 0 Å². The Morgan fingerprint density at radius 3 is 2.81 bits per heavy atom. The van der Waals surface area contributed by atoms with E-state index in [1.165, 1.54) is 11.3 Å². The number of thiazole rings is 1. The zero-order valence-corrected chi connectivity index (χ0v) is 14.8. The van der Waals surface area contributed by atoms with Gasteiger partial charge in [-0.15, -0.1) is 0 Å². The van der Waals surface area contributed by atoms with Crippen molar-refractivity contribution in [3.8, 4) is 11.5 Å². The minimum absolute atomic E-state index is 0.0540.